The van der Waals surface area contributed by atoms with Gasteiger partial charge in [0, 0.05) is 30.0 Å². The third-order valence-electron chi connectivity index (χ3n) is 11.5. The van der Waals surface area contributed by atoms with E-state index in [1.165, 1.54) is 96.0 Å². The highest BCUT2D eigenvalue weighted by Gasteiger charge is 2.44. The van der Waals surface area contributed by atoms with E-state index in [2.05, 4.69) is 182 Å². The van der Waals surface area contributed by atoms with Crippen LogP contribution in [0.1, 0.15) is 22.3 Å². The van der Waals surface area contributed by atoms with Gasteiger partial charge in [-0.1, -0.05) is 152 Å². The van der Waals surface area contributed by atoms with Crippen LogP contribution >= 0.6 is 22.7 Å². The molecule has 0 N–H and O–H groups in total. The summed E-state index contributed by atoms with van der Waals surface area (Å²) in [5, 5.41) is 7.90. The summed E-state index contributed by atoms with van der Waals surface area (Å²) >= 11 is 3.83. The quantitative estimate of drug-likeness (QED) is 0.161. The second-order valence-corrected chi connectivity index (χ2v) is 16.7. The Morgan fingerprint density at radius 1 is 0.377 bits per heavy atom. The summed E-state index contributed by atoms with van der Waals surface area (Å²) < 4.78 is 2.70. The van der Waals surface area contributed by atoms with Crippen molar-refractivity contribution in [2.45, 2.75) is 18.3 Å². The molecule has 2 heterocycles. The molecule has 0 fully saturated rings. The minimum absolute atomic E-state index is 0.258. The molecule has 2 heteroatoms. The molecule has 0 bridgehead atoms. The van der Waals surface area contributed by atoms with E-state index in [0.29, 0.717) is 0 Å². The molecule has 10 aromatic rings. The molecule has 0 unspecified atom stereocenters. The van der Waals surface area contributed by atoms with E-state index < -0.39 is 0 Å². The predicted octanol–water partition coefficient (Wildman–Crippen LogP) is 14.5. The molecular formula is C51H34S2. The maximum absolute atomic E-state index is 2.54. The van der Waals surface area contributed by atoms with E-state index >= 15 is 0 Å². The lowest BCUT2D eigenvalue weighted by molar-refractivity contribution is 0.520. The van der Waals surface area contributed by atoms with Crippen LogP contribution in [-0.4, -0.2) is 0 Å². The van der Waals surface area contributed by atoms with E-state index in [1.807, 2.05) is 22.7 Å². The molecule has 0 spiro atoms. The molecule has 0 saturated carbocycles. The van der Waals surface area contributed by atoms with Gasteiger partial charge in [-0.3, -0.25) is 0 Å². The molecule has 0 saturated heterocycles. The lowest BCUT2D eigenvalue weighted by atomic mass is 9.69. The van der Waals surface area contributed by atoms with Gasteiger partial charge in [-0.25, -0.2) is 0 Å². The monoisotopic (exact) mass is 710 g/mol. The van der Waals surface area contributed by atoms with Crippen molar-refractivity contribution in [1.82, 2.24) is 0 Å². The van der Waals surface area contributed by atoms with Gasteiger partial charge >= 0.3 is 0 Å². The fraction of sp³-hybridized carbons (Fsp3) is 0.0588. The summed E-state index contributed by atoms with van der Waals surface area (Å²) in [5.41, 5.74) is 10.6. The van der Waals surface area contributed by atoms with Crippen LogP contribution in [0.2, 0.25) is 0 Å². The Hall–Kier alpha value is -5.80. The summed E-state index contributed by atoms with van der Waals surface area (Å²) in [5.74, 6) is 0. The third kappa shape index (κ3) is 5.01. The molecule has 1 aliphatic carbocycles. The summed E-state index contributed by atoms with van der Waals surface area (Å²) in [6.45, 7) is 0. The molecule has 0 aliphatic heterocycles. The molecule has 8 aromatic carbocycles. The zero-order chi connectivity index (χ0) is 34.9. The second-order valence-electron chi connectivity index (χ2n) is 14.6. The number of rotatable bonds is 6. The first-order valence-electron chi connectivity index (χ1n) is 18.4. The van der Waals surface area contributed by atoms with Gasteiger partial charge in [-0.05, 0) is 115 Å². The van der Waals surface area contributed by atoms with Crippen LogP contribution < -0.4 is 0 Å². The van der Waals surface area contributed by atoms with Gasteiger partial charge in [0.05, 0.1) is 0 Å². The maximum atomic E-state index is 2.54. The average molecular weight is 711 g/mol. The smallest absolute Gasteiger partial charge is 0.0427 e. The number of fused-ring (bicyclic) bond motifs is 9. The van der Waals surface area contributed by atoms with Crippen molar-refractivity contribution < 1.29 is 0 Å². The molecule has 250 valence electrons. The number of thiophene rings is 2. The minimum Gasteiger partial charge on any atom is -0.135 e. The summed E-state index contributed by atoms with van der Waals surface area (Å²) in [7, 11) is 0. The Kier molecular flexibility index (Phi) is 7.05. The van der Waals surface area contributed by atoms with Crippen LogP contribution in [0.4, 0.5) is 0 Å². The van der Waals surface area contributed by atoms with Crippen LogP contribution in [0.15, 0.2) is 182 Å². The van der Waals surface area contributed by atoms with Gasteiger partial charge < -0.3 is 0 Å². The average Bonchev–Trinajstić information content (AvgIpc) is 3.93. The van der Waals surface area contributed by atoms with Gasteiger partial charge in [-0.15, -0.1) is 22.7 Å². The van der Waals surface area contributed by atoms with Gasteiger partial charge in [0.15, 0.2) is 0 Å². The van der Waals surface area contributed by atoms with E-state index in [-0.39, 0.29) is 5.41 Å². The van der Waals surface area contributed by atoms with Gasteiger partial charge in [-0.2, -0.15) is 0 Å². The van der Waals surface area contributed by atoms with Gasteiger partial charge in [0.1, 0.15) is 0 Å². The first kappa shape index (κ1) is 30.8. The second kappa shape index (κ2) is 12.1. The van der Waals surface area contributed by atoms with Gasteiger partial charge in [0.25, 0.3) is 0 Å². The first-order chi connectivity index (χ1) is 26.2. The summed E-state index contributed by atoms with van der Waals surface area (Å²) in [6.07, 6.45) is 1.84. The normalized spacial score (nSPS) is 13.2. The molecule has 0 atom stereocenters. The van der Waals surface area contributed by atoms with Crippen LogP contribution in [0, 0.1) is 0 Å². The van der Waals surface area contributed by atoms with E-state index in [0.717, 1.165) is 12.8 Å². The highest BCUT2D eigenvalue weighted by molar-refractivity contribution is 7.23. The van der Waals surface area contributed by atoms with Gasteiger partial charge in [0.2, 0.25) is 0 Å². The molecule has 2 aromatic heterocycles. The van der Waals surface area contributed by atoms with Crippen molar-refractivity contribution in [3.05, 3.63) is 204 Å². The number of hydrogen-bond donors (Lipinski definition) is 0. The maximum Gasteiger partial charge on any atom is 0.0427 e. The van der Waals surface area contributed by atoms with Crippen molar-refractivity contribution >= 4 is 64.4 Å². The zero-order valence-corrected chi connectivity index (χ0v) is 30.7. The van der Waals surface area contributed by atoms with E-state index in [9.17, 15) is 0 Å². The Morgan fingerprint density at radius 2 is 0.906 bits per heavy atom. The highest BCUT2D eigenvalue weighted by atomic mass is 32.1. The summed E-state index contributed by atoms with van der Waals surface area (Å²) in [4.78, 5) is 2.64. The lowest BCUT2D eigenvalue weighted by Crippen LogP contribution is -2.31. The number of hydrogen-bond acceptors (Lipinski definition) is 2. The lowest BCUT2D eigenvalue weighted by Gasteiger charge is -2.33. The minimum atomic E-state index is -0.258. The Morgan fingerprint density at radius 3 is 1.57 bits per heavy atom. The molecular weight excluding hydrogens is 677 g/mol. The zero-order valence-electron chi connectivity index (χ0n) is 29.1. The van der Waals surface area contributed by atoms with Crippen molar-refractivity contribution in [2.75, 3.05) is 0 Å². The fourth-order valence-electron chi connectivity index (χ4n) is 8.98. The topological polar surface area (TPSA) is 0 Å². The molecule has 1 aliphatic rings. The van der Waals surface area contributed by atoms with Crippen LogP contribution in [0.3, 0.4) is 0 Å². The van der Waals surface area contributed by atoms with Crippen molar-refractivity contribution in [1.29, 1.82) is 0 Å². The SMILES string of the molecule is c1ccc(CC2(Cc3ccccc3)c3cc(-c4cc5c(ccc6ccccc65)s4)ccc3-c3ccc(-c4cc5ccc6ccccc6c5s4)cc32)cc1. The fourth-order valence-corrected chi connectivity index (χ4v) is 11.2. The molecule has 11 rings (SSSR count). The molecule has 0 nitrogen and oxygen atoms in total. The Labute approximate surface area is 317 Å². The highest BCUT2D eigenvalue weighted by Crippen LogP contribution is 2.55. The standard InChI is InChI=1S/C51H34S2/c1-3-11-33(12-4-1)31-51(32-34-13-5-2-6-14-34)45-27-37(48-29-39-20-19-36-16-8-10-18-41(36)50(39)53-48)21-24-42(45)43-25-22-38(28-46(43)51)49-30-44-40-17-9-7-15-35(40)23-26-47(44)52-49/h1-30H,31-32H2. The largest absolute Gasteiger partial charge is 0.135 e. The van der Waals surface area contributed by atoms with Crippen molar-refractivity contribution in [2.24, 2.45) is 0 Å². The molecule has 53 heavy (non-hydrogen) atoms. The van der Waals surface area contributed by atoms with E-state index in [1.54, 1.807) is 0 Å². The van der Waals surface area contributed by atoms with Crippen molar-refractivity contribution in [3.8, 4) is 32.0 Å². The Balaban J connectivity index is 1.13. The van der Waals surface area contributed by atoms with Crippen molar-refractivity contribution in [3.63, 3.8) is 0 Å². The first-order valence-corrected chi connectivity index (χ1v) is 20.0. The number of benzene rings is 8. The van der Waals surface area contributed by atoms with Crippen LogP contribution in [0.5, 0.6) is 0 Å². The third-order valence-corrected chi connectivity index (χ3v) is 13.8. The molecule has 0 radical (unpaired) electrons. The Bertz CT molecular complexity index is 2790. The summed E-state index contributed by atoms with van der Waals surface area (Å²) in [6, 6.07) is 68.4. The molecule has 0 amide bonds. The van der Waals surface area contributed by atoms with Crippen LogP contribution in [0.25, 0.3) is 73.7 Å². The predicted molar refractivity (Wildman–Crippen MR) is 230 cm³/mol. The van der Waals surface area contributed by atoms with Crippen LogP contribution in [-0.2, 0) is 18.3 Å². The van der Waals surface area contributed by atoms with E-state index in [4.69, 9.17) is 0 Å².